The molecule has 0 aromatic rings. The van der Waals surface area contributed by atoms with Crippen LogP contribution in [0, 0.1) is 0 Å². The van der Waals surface area contributed by atoms with E-state index in [-0.39, 0.29) is 0 Å². The highest BCUT2D eigenvalue weighted by atomic mass is 16.7. The Morgan fingerprint density at radius 3 is 2.71 bits per heavy atom. The van der Waals surface area contributed by atoms with Crippen LogP contribution in [0.4, 0.5) is 4.79 Å². The Balaban J connectivity index is 3.40. The second-order valence-electron chi connectivity index (χ2n) is 0.640. The Bertz CT molecular complexity index is 110. The number of hydrogen-bond donors (Lipinski definition) is 0. The summed E-state index contributed by atoms with van der Waals surface area (Å²) >= 11 is 0. The lowest BCUT2D eigenvalue weighted by Gasteiger charge is -1.88. The van der Waals surface area contributed by atoms with Gasteiger partial charge in [-0.05, 0) is 0 Å². The van der Waals surface area contributed by atoms with Crippen LogP contribution in [0.15, 0.2) is 0 Å². The van der Waals surface area contributed by atoms with Gasteiger partial charge in [0, 0.05) is 0 Å². The van der Waals surface area contributed by atoms with Crippen LogP contribution < -0.4 is 0 Å². The lowest BCUT2D eigenvalue weighted by atomic mass is 11.3. The van der Waals surface area contributed by atoms with Gasteiger partial charge in [-0.15, -0.1) is 0 Å². The number of ether oxygens (including phenoxy) is 2. The van der Waals surface area contributed by atoms with E-state index in [2.05, 4.69) is 9.47 Å². The molecule has 0 radical (unpaired) electrons. The van der Waals surface area contributed by atoms with Crippen molar-refractivity contribution in [1.29, 1.82) is 0 Å². The molecule has 0 fully saturated rings. The van der Waals surface area contributed by atoms with Crippen LogP contribution in [-0.2, 0) is 14.3 Å². The zero-order valence-electron chi connectivity index (χ0n) is 4.63. The molecule has 0 aliphatic carbocycles. The van der Waals surface area contributed by atoms with Crippen molar-refractivity contribution in [2.45, 2.75) is 0 Å². The second-order valence-corrected chi connectivity index (χ2v) is 0.640. The summed E-state index contributed by atoms with van der Waals surface area (Å²) < 4.78 is 13.5. The first kappa shape index (κ1) is 4.11. The normalized spacial score (nSPS) is 9.00. The van der Waals surface area contributed by atoms with Crippen LogP contribution in [0.3, 0.4) is 0 Å². The molecule has 0 spiro atoms. The van der Waals surface area contributed by atoms with Crippen LogP contribution in [0.2, 0.25) is 0 Å². The van der Waals surface area contributed by atoms with Crippen LogP contribution in [0.25, 0.3) is 0 Å². The van der Waals surface area contributed by atoms with E-state index in [0.717, 1.165) is 7.11 Å². The van der Waals surface area contributed by atoms with Gasteiger partial charge in [0.1, 0.15) is 0 Å². The standard InChI is InChI=1S/C3H4O4/c1-6-3(5)7-2-4/h2H,1H3/i2D. The Kier molecular flexibility index (Phi) is 1.84. The van der Waals surface area contributed by atoms with Gasteiger partial charge in [0.15, 0.2) is 1.37 Å². The van der Waals surface area contributed by atoms with Gasteiger partial charge in [0.2, 0.25) is 0 Å². The van der Waals surface area contributed by atoms with Gasteiger partial charge in [-0.1, -0.05) is 0 Å². The van der Waals surface area contributed by atoms with Crippen molar-refractivity contribution in [2.75, 3.05) is 7.11 Å². The molecular weight excluding hydrogens is 100 g/mol. The largest absolute Gasteiger partial charge is 0.515 e. The highest BCUT2D eigenvalue weighted by Gasteiger charge is 1.93. The highest BCUT2D eigenvalue weighted by molar-refractivity contribution is 5.68. The van der Waals surface area contributed by atoms with Gasteiger partial charge < -0.3 is 9.47 Å². The molecule has 0 aliphatic heterocycles. The maximum absolute atomic E-state index is 9.84. The third kappa shape index (κ3) is 2.75. The summed E-state index contributed by atoms with van der Waals surface area (Å²) in [6, 6.07) is 0. The van der Waals surface area contributed by atoms with Crippen LogP contribution in [0.5, 0.6) is 0 Å². The molecule has 4 nitrogen and oxygen atoms in total. The topological polar surface area (TPSA) is 52.6 Å². The van der Waals surface area contributed by atoms with Crippen molar-refractivity contribution >= 4 is 12.6 Å². The highest BCUT2D eigenvalue weighted by Crippen LogP contribution is 1.73. The van der Waals surface area contributed by atoms with Gasteiger partial charge in [-0.2, -0.15) is 0 Å². The van der Waals surface area contributed by atoms with E-state index in [1.807, 2.05) is 0 Å². The average Bonchev–Trinajstić information content (AvgIpc) is 1.65. The molecule has 0 aliphatic rings. The van der Waals surface area contributed by atoms with E-state index >= 15 is 0 Å². The molecule has 0 saturated carbocycles. The van der Waals surface area contributed by atoms with Crippen molar-refractivity contribution in [2.24, 2.45) is 0 Å². The average molecular weight is 105 g/mol. The summed E-state index contributed by atoms with van der Waals surface area (Å²) in [6.45, 7) is 0. The summed E-state index contributed by atoms with van der Waals surface area (Å²) in [5, 5.41) is 0. The van der Waals surface area contributed by atoms with Crippen molar-refractivity contribution in [3.8, 4) is 0 Å². The van der Waals surface area contributed by atoms with E-state index < -0.39 is 12.6 Å². The van der Waals surface area contributed by atoms with Crippen molar-refractivity contribution in [3.05, 3.63) is 0 Å². The predicted octanol–water partition coefficient (Wildman–Crippen LogP) is -0.0742. The summed E-state index contributed by atoms with van der Waals surface area (Å²) in [5.41, 5.74) is 0. The second kappa shape index (κ2) is 3.14. The molecular formula is C3H4O4. The first-order valence-corrected chi connectivity index (χ1v) is 1.43. The molecule has 0 amide bonds. The molecule has 0 rings (SSSR count). The molecule has 0 atom stereocenters. The zero-order chi connectivity index (χ0) is 6.57. The lowest BCUT2D eigenvalue weighted by molar-refractivity contribution is -0.125. The van der Waals surface area contributed by atoms with Crippen LogP contribution in [-0.4, -0.2) is 19.7 Å². The van der Waals surface area contributed by atoms with Gasteiger partial charge in [0.05, 0.1) is 7.11 Å². The minimum atomic E-state index is -1.42. The minimum Gasteiger partial charge on any atom is -0.437 e. The molecule has 0 N–H and O–H groups in total. The van der Waals surface area contributed by atoms with Gasteiger partial charge in [-0.3, -0.25) is 4.79 Å². The number of methoxy groups -OCH3 is 1. The van der Waals surface area contributed by atoms with Gasteiger partial charge in [0.25, 0.3) is 0 Å². The molecule has 0 aromatic heterocycles. The summed E-state index contributed by atoms with van der Waals surface area (Å²) in [5.74, 6) is 0. The van der Waals surface area contributed by atoms with E-state index in [9.17, 15) is 9.59 Å². The predicted molar refractivity (Wildman–Crippen MR) is 19.6 cm³/mol. The smallest absolute Gasteiger partial charge is 0.437 e. The molecule has 0 heterocycles. The third-order valence-corrected chi connectivity index (χ3v) is 0.292. The fourth-order valence-corrected chi connectivity index (χ4v) is 0.0757. The maximum Gasteiger partial charge on any atom is 0.515 e. The van der Waals surface area contributed by atoms with Gasteiger partial charge >= 0.3 is 12.6 Å². The molecule has 7 heavy (non-hydrogen) atoms. The summed E-state index contributed by atoms with van der Waals surface area (Å²) in [6.07, 6.45) is -2.58. The molecule has 4 heteroatoms. The molecule has 0 unspecified atom stereocenters. The lowest BCUT2D eigenvalue weighted by Crippen LogP contribution is -2.00. The van der Waals surface area contributed by atoms with E-state index in [1.54, 1.807) is 0 Å². The van der Waals surface area contributed by atoms with E-state index in [1.165, 1.54) is 0 Å². The van der Waals surface area contributed by atoms with Crippen molar-refractivity contribution < 1.29 is 20.4 Å². The number of hydrogen-bond acceptors (Lipinski definition) is 4. The fourth-order valence-electron chi connectivity index (χ4n) is 0.0757. The van der Waals surface area contributed by atoms with E-state index in [4.69, 9.17) is 1.37 Å². The number of rotatable bonds is 0. The van der Waals surface area contributed by atoms with Crippen LogP contribution >= 0.6 is 0 Å². The molecule has 40 valence electrons. The quantitative estimate of drug-likeness (QED) is 0.246. The summed E-state index contributed by atoms with van der Waals surface area (Å²) in [7, 11) is 1.05. The zero-order valence-corrected chi connectivity index (χ0v) is 3.63. The van der Waals surface area contributed by atoms with Gasteiger partial charge in [-0.25, -0.2) is 4.79 Å². The molecule has 0 aromatic carbocycles. The van der Waals surface area contributed by atoms with Crippen LogP contribution in [0.1, 0.15) is 1.37 Å². The first-order chi connectivity index (χ1) is 3.66. The third-order valence-electron chi connectivity index (χ3n) is 0.292. The maximum atomic E-state index is 9.84. The SMILES string of the molecule is [2H]C(=O)OC(=O)OC. The Morgan fingerprint density at radius 1 is 2.00 bits per heavy atom. The van der Waals surface area contributed by atoms with Crippen molar-refractivity contribution in [1.82, 2.24) is 0 Å². The van der Waals surface area contributed by atoms with E-state index in [0.29, 0.717) is 0 Å². The first-order valence-electron chi connectivity index (χ1n) is 1.93. The summed E-state index contributed by atoms with van der Waals surface area (Å²) in [4.78, 5) is 19.4. The molecule has 0 bridgehead atoms. The Labute approximate surface area is 41.4 Å². The fraction of sp³-hybridized carbons (Fsp3) is 0.333. The Hall–Kier alpha value is -1.06. The monoisotopic (exact) mass is 105 g/mol. The Morgan fingerprint density at radius 2 is 2.57 bits per heavy atom. The molecule has 0 saturated heterocycles. The minimum absolute atomic E-state index is 1.05. The van der Waals surface area contributed by atoms with Crippen molar-refractivity contribution in [3.63, 3.8) is 0 Å². The number of carbonyl (C=O) groups excluding carboxylic acids is 2. The number of carbonyl (C=O) groups is 2.